The molecule has 1 aromatic rings. The van der Waals surface area contributed by atoms with Crippen molar-refractivity contribution < 1.29 is 19.1 Å². The average Bonchev–Trinajstić information content (AvgIpc) is 2.72. The third-order valence-electron chi connectivity index (χ3n) is 3.45. The van der Waals surface area contributed by atoms with Crippen LogP contribution in [-0.4, -0.2) is 35.8 Å². The predicted octanol–water partition coefficient (Wildman–Crippen LogP) is 2.41. The molecule has 1 aliphatic rings. The summed E-state index contributed by atoms with van der Waals surface area (Å²) in [6.45, 7) is 2.57. The Hall–Kier alpha value is -2.17. The van der Waals surface area contributed by atoms with E-state index in [1.54, 1.807) is 31.2 Å². The fraction of sp³-hybridized carbons (Fsp3) is 0.438. The van der Waals surface area contributed by atoms with Gasteiger partial charge in [-0.15, -0.1) is 0 Å². The van der Waals surface area contributed by atoms with Crippen molar-refractivity contribution in [1.29, 1.82) is 0 Å². The largest absolute Gasteiger partial charge is 0.466 e. The monoisotopic (exact) mass is 289 g/mol. The van der Waals surface area contributed by atoms with E-state index < -0.39 is 0 Å². The molecule has 0 aliphatic carbocycles. The Kier molecular flexibility index (Phi) is 5.09. The summed E-state index contributed by atoms with van der Waals surface area (Å²) < 4.78 is 4.84. The quantitative estimate of drug-likeness (QED) is 0.439. The minimum absolute atomic E-state index is 0.196. The maximum atomic E-state index is 12.1. The molecule has 0 spiro atoms. The van der Waals surface area contributed by atoms with Crippen LogP contribution < -0.4 is 0 Å². The predicted molar refractivity (Wildman–Crippen MR) is 76.9 cm³/mol. The molecule has 1 aromatic carbocycles. The van der Waals surface area contributed by atoms with Crippen molar-refractivity contribution in [2.75, 3.05) is 13.2 Å². The van der Waals surface area contributed by atoms with E-state index >= 15 is 0 Å². The molecular weight excluding hydrogens is 270 g/mol. The third-order valence-corrected chi connectivity index (χ3v) is 3.45. The highest BCUT2D eigenvalue weighted by Crippen LogP contribution is 2.22. The van der Waals surface area contributed by atoms with Gasteiger partial charge in [0.05, 0.1) is 17.7 Å². The number of imide groups is 1. The number of hydrogen-bond donors (Lipinski definition) is 0. The van der Waals surface area contributed by atoms with Gasteiger partial charge in [0.1, 0.15) is 0 Å². The first-order valence-corrected chi connectivity index (χ1v) is 7.26. The number of unbranched alkanes of at least 4 members (excludes halogenated alkanes) is 2. The molecule has 5 heteroatoms. The molecule has 0 atom stereocenters. The van der Waals surface area contributed by atoms with Crippen LogP contribution in [0.4, 0.5) is 0 Å². The van der Waals surface area contributed by atoms with E-state index in [0.29, 0.717) is 43.5 Å². The molecule has 21 heavy (non-hydrogen) atoms. The lowest BCUT2D eigenvalue weighted by atomic mass is 10.1. The minimum atomic E-state index is -0.221. The number of fused-ring (bicyclic) bond motifs is 1. The van der Waals surface area contributed by atoms with E-state index in [-0.39, 0.29) is 17.8 Å². The van der Waals surface area contributed by atoms with Crippen LogP contribution >= 0.6 is 0 Å². The zero-order chi connectivity index (χ0) is 15.2. The number of amides is 2. The Morgan fingerprint density at radius 1 is 1.05 bits per heavy atom. The maximum absolute atomic E-state index is 12.1. The molecule has 0 N–H and O–H groups in total. The summed E-state index contributed by atoms with van der Waals surface area (Å²) in [7, 11) is 0. The summed E-state index contributed by atoms with van der Waals surface area (Å²) in [5.74, 6) is -0.639. The fourth-order valence-corrected chi connectivity index (χ4v) is 2.39. The Bertz CT molecular complexity index is 518. The van der Waals surface area contributed by atoms with Crippen molar-refractivity contribution in [1.82, 2.24) is 4.90 Å². The van der Waals surface area contributed by atoms with Gasteiger partial charge in [-0.25, -0.2) is 0 Å². The summed E-state index contributed by atoms with van der Waals surface area (Å²) >= 11 is 0. The number of esters is 1. The lowest BCUT2D eigenvalue weighted by Crippen LogP contribution is -2.30. The van der Waals surface area contributed by atoms with Gasteiger partial charge in [0.25, 0.3) is 11.8 Å². The highest BCUT2D eigenvalue weighted by molar-refractivity contribution is 6.21. The molecule has 0 bridgehead atoms. The van der Waals surface area contributed by atoms with Gasteiger partial charge < -0.3 is 4.74 Å². The maximum Gasteiger partial charge on any atom is 0.305 e. The van der Waals surface area contributed by atoms with Gasteiger partial charge in [-0.05, 0) is 31.9 Å². The van der Waals surface area contributed by atoms with E-state index in [1.165, 1.54) is 4.90 Å². The Labute approximate surface area is 123 Å². The van der Waals surface area contributed by atoms with E-state index in [9.17, 15) is 14.4 Å². The molecule has 0 saturated carbocycles. The van der Waals surface area contributed by atoms with Crippen LogP contribution in [-0.2, 0) is 9.53 Å². The van der Waals surface area contributed by atoms with Crippen molar-refractivity contribution >= 4 is 17.8 Å². The highest BCUT2D eigenvalue weighted by Gasteiger charge is 2.34. The van der Waals surface area contributed by atoms with Crippen LogP contribution in [0.5, 0.6) is 0 Å². The number of ether oxygens (including phenoxy) is 1. The molecule has 2 rings (SSSR count). The smallest absolute Gasteiger partial charge is 0.305 e. The normalized spacial score (nSPS) is 13.5. The van der Waals surface area contributed by atoms with Gasteiger partial charge in [0.2, 0.25) is 0 Å². The topological polar surface area (TPSA) is 63.7 Å². The van der Waals surface area contributed by atoms with Crippen LogP contribution in [0.15, 0.2) is 24.3 Å². The van der Waals surface area contributed by atoms with Gasteiger partial charge in [-0.3, -0.25) is 19.3 Å². The zero-order valence-corrected chi connectivity index (χ0v) is 12.1. The average molecular weight is 289 g/mol. The van der Waals surface area contributed by atoms with Gasteiger partial charge in [-0.1, -0.05) is 18.6 Å². The Morgan fingerprint density at radius 3 is 2.24 bits per heavy atom. The van der Waals surface area contributed by atoms with Crippen LogP contribution in [0.1, 0.15) is 53.3 Å². The number of benzene rings is 1. The summed E-state index contributed by atoms with van der Waals surface area (Å²) in [4.78, 5) is 36.7. The Morgan fingerprint density at radius 2 is 1.67 bits per heavy atom. The molecule has 0 fully saturated rings. The summed E-state index contributed by atoms with van der Waals surface area (Å²) in [6.07, 6.45) is 2.58. The SMILES string of the molecule is CCOC(=O)CCCCCN1C(=O)c2ccccc2C1=O. The van der Waals surface area contributed by atoms with Crippen LogP contribution in [0.2, 0.25) is 0 Å². The van der Waals surface area contributed by atoms with Gasteiger partial charge in [-0.2, -0.15) is 0 Å². The number of carbonyl (C=O) groups excluding carboxylic acids is 3. The fourth-order valence-electron chi connectivity index (χ4n) is 2.39. The van der Waals surface area contributed by atoms with Crippen molar-refractivity contribution in [2.45, 2.75) is 32.6 Å². The molecule has 2 amide bonds. The van der Waals surface area contributed by atoms with E-state index in [0.717, 1.165) is 6.42 Å². The number of rotatable bonds is 7. The van der Waals surface area contributed by atoms with Crippen molar-refractivity contribution in [2.24, 2.45) is 0 Å². The highest BCUT2D eigenvalue weighted by atomic mass is 16.5. The van der Waals surface area contributed by atoms with Gasteiger partial charge in [0.15, 0.2) is 0 Å². The number of nitrogens with zero attached hydrogens (tertiary/aromatic N) is 1. The third kappa shape index (κ3) is 3.48. The minimum Gasteiger partial charge on any atom is -0.466 e. The molecule has 0 aromatic heterocycles. The summed E-state index contributed by atoms with van der Waals surface area (Å²) in [5, 5.41) is 0. The molecule has 0 unspecified atom stereocenters. The molecule has 5 nitrogen and oxygen atoms in total. The first-order chi connectivity index (χ1) is 10.1. The van der Waals surface area contributed by atoms with E-state index in [2.05, 4.69) is 0 Å². The van der Waals surface area contributed by atoms with Crippen molar-refractivity contribution in [3.63, 3.8) is 0 Å². The molecule has 0 radical (unpaired) electrons. The zero-order valence-electron chi connectivity index (χ0n) is 12.1. The second-order valence-corrected chi connectivity index (χ2v) is 4.92. The molecule has 1 heterocycles. The molecular formula is C16H19NO4. The van der Waals surface area contributed by atoms with Gasteiger partial charge >= 0.3 is 5.97 Å². The molecule has 112 valence electrons. The number of carbonyl (C=O) groups is 3. The van der Waals surface area contributed by atoms with Gasteiger partial charge in [0, 0.05) is 13.0 Å². The summed E-state index contributed by atoms with van der Waals surface area (Å²) in [5.41, 5.74) is 0.961. The number of hydrogen-bond acceptors (Lipinski definition) is 4. The first kappa shape index (κ1) is 15.2. The standard InChI is InChI=1S/C16H19NO4/c1-2-21-14(18)10-4-3-7-11-17-15(19)12-8-5-6-9-13(12)16(17)20/h5-6,8-9H,2-4,7,10-11H2,1H3. The summed E-state index contributed by atoms with van der Waals surface area (Å²) in [6, 6.07) is 6.87. The second kappa shape index (κ2) is 7.02. The molecule has 0 saturated heterocycles. The lowest BCUT2D eigenvalue weighted by molar-refractivity contribution is -0.143. The Balaban J connectivity index is 1.77. The van der Waals surface area contributed by atoms with Crippen LogP contribution in [0.25, 0.3) is 0 Å². The first-order valence-electron chi connectivity index (χ1n) is 7.26. The van der Waals surface area contributed by atoms with E-state index in [1.807, 2.05) is 0 Å². The second-order valence-electron chi connectivity index (χ2n) is 4.92. The van der Waals surface area contributed by atoms with Crippen LogP contribution in [0.3, 0.4) is 0 Å². The van der Waals surface area contributed by atoms with Crippen molar-refractivity contribution in [3.05, 3.63) is 35.4 Å². The van der Waals surface area contributed by atoms with Crippen LogP contribution in [0, 0.1) is 0 Å². The lowest BCUT2D eigenvalue weighted by Gasteiger charge is -2.13. The molecule has 1 aliphatic heterocycles. The van der Waals surface area contributed by atoms with E-state index in [4.69, 9.17) is 4.74 Å². The van der Waals surface area contributed by atoms with Crippen molar-refractivity contribution in [3.8, 4) is 0 Å².